The van der Waals surface area contributed by atoms with Crippen molar-refractivity contribution in [2.24, 2.45) is 0 Å². The quantitative estimate of drug-likeness (QED) is 0.875. The molecule has 5 nitrogen and oxygen atoms in total. The van der Waals surface area contributed by atoms with E-state index in [0.29, 0.717) is 12.0 Å². The molecule has 0 radical (unpaired) electrons. The third kappa shape index (κ3) is 3.76. The molecule has 0 bridgehead atoms. The molecule has 0 unspecified atom stereocenters. The summed E-state index contributed by atoms with van der Waals surface area (Å²) in [7, 11) is 0. The van der Waals surface area contributed by atoms with Crippen LogP contribution in [0.5, 0.6) is 0 Å². The van der Waals surface area contributed by atoms with Crippen molar-refractivity contribution in [1.29, 1.82) is 0 Å². The molecule has 1 N–H and O–H groups in total. The van der Waals surface area contributed by atoms with Gasteiger partial charge in [-0.1, -0.05) is 19.3 Å². The Labute approximate surface area is 150 Å². The first-order valence-electron chi connectivity index (χ1n) is 10.2. The maximum absolute atomic E-state index is 13.1. The van der Waals surface area contributed by atoms with Crippen molar-refractivity contribution in [3.63, 3.8) is 0 Å². The average molecular weight is 345 g/mol. The molecule has 3 aliphatic rings. The lowest BCUT2D eigenvalue weighted by Crippen LogP contribution is -2.44. The number of amides is 1. The summed E-state index contributed by atoms with van der Waals surface area (Å²) >= 11 is 0. The van der Waals surface area contributed by atoms with Gasteiger partial charge in [-0.2, -0.15) is 0 Å². The van der Waals surface area contributed by atoms with E-state index in [1.807, 2.05) is 6.20 Å². The smallest absolute Gasteiger partial charge is 0.252 e. The molecule has 0 aromatic carbocycles. The van der Waals surface area contributed by atoms with Crippen LogP contribution in [0.25, 0.3) is 0 Å². The average Bonchev–Trinajstić information content (AvgIpc) is 3.37. The minimum absolute atomic E-state index is 0.0270. The molecule has 1 aromatic heterocycles. The number of nitrogens with zero attached hydrogens (tertiary/aromatic N) is 2. The summed E-state index contributed by atoms with van der Waals surface area (Å²) in [4.78, 5) is 23.4. The number of carbonyl (C=O) groups excluding carboxylic acids is 1. The second-order valence-electron chi connectivity index (χ2n) is 8.05. The number of carbonyl (C=O) groups is 1. The van der Waals surface area contributed by atoms with Crippen molar-refractivity contribution in [3.05, 3.63) is 17.7 Å². The molecule has 25 heavy (non-hydrogen) atoms. The molecule has 4 rings (SSSR count). The van der Waals surface area contributed by atoms with Gasteiger partial charge in [0.05, 0.1) is 11.7 Å². The van der Waals surface area contributed by atoms with Gasteiger partial charge in [-0.3, -0.25) is 4.79 Å². The molecule has 138 valence electrons. The zero-order valence-corrected chi connectivity index (χ0v) is 15.4. The van der Waals surface area contributed by atoms with E-state index < -0.39 is 0 Å². The molecule has 3 fully saturated rings. The first-order valence-corrected chi connectivity index (χ1v) is 10.2. The van der Waals surface area contributed by atoms with Crippen molar-refractivity contribution in [2.75, 3.05) is 6.61 Å². The lowest BCUT2D eigenvalue weighted by atomic mass is 9.89. The Morgan fingerprint density at radius 3 is 2.60 bits per heavy atom. The Bertz CT molecular complexity index is 584. The normalized spacial score (nSPS) is 26.4. The van der Waals surface area contributed by atoms with Crippen LogP contribution >= 0.6 is 0 Å². The van der Waals surface area contributed by atoms with Gasteiger partial charge in [0.2, 0.25) is 0 Å². The van der Waals surface area contributed by atoms with Crippen molar-refractivity contribution in [2.45, 2.75) is 95.2 Å². The van der Waals surface area contributed by atoms with Gasteiger partial charge in [0, 0.05) is 24.8 Å². The zero-order chi connectivity index (χ0) is 17.2. The highest BCUT2D eigenvalue weighted by Gasteiger charge is 2.40. The lowest BCUT2D eigenvalue weighted by molar-refractivity contribution is -0.149. The summed E-state index contributed by atoms with van der Waals surface area (Å²) in [6, 6.07) is 0.405. The van der Waals surface area contributed by atoms with Crippen molar-refractivity contribution in [3.8, 4) is 0 Å². The number of nitrogens with one attached hydrogen (secondary N) is 1. The fourth-order valence-electron chi connectivity index (χ4n) is 4.43. The van der Waals surface area contributed by atoms with Crippen molar-refractivity contribution < 1.29 is 9.53 Å². The number of hydrogen-bond acceptors (Lipinski definition) is 3. The number of aromatic amines is 1. The first kappa shape index (κ1) is 17.1. The van der Waals surface area contributed by atoms with Gasteiger partial charge in [-0.05, 0) is 51.9 Å². The number of rotatable bonds is 5. The Morgan fingerprint density at radius 2 is 1.92 bits per heavy atom. The van der Waals surface area contributed by atoms with Crippen LogP contribution in [0.15, 0.2) is 6.20 Å². The number of ether oxygens (including phenoxy) is 1. The van der Waals surface area contributed by atoms with E-state index in [4.69, 9.17) is 9.72 Å². The first-order chi connectivity index (χ1) is 12.2. The predicted molar refractivity (Wildman–Crippen MR) is 96.3 cm³/mol. The van der Waals surface area contributed by atoms with Crippen LogP contribution in [0, 0.1) is 0 Å². The van der Waals surface area contributed by atoms with Crippen molar-refractivity contribution >= 4 is 5.91 Å². The highest BCUT2D eigenvalue weighted by Crippen LogP contribution is 2.37. The van der Waals surface area contributed by atoms with Crippen molar-refractivity contribution in [1.82, 2.24) is 14.9 Å². The van der Waals surface area contributed by atoms with Gasteiger partial charge >= 0.3 is 0 Å². The van der Waals surface area contributed by atoms with Crippen LogP contribution in [-0.2, 0) is 9.53 Å². The fourth-order valence-corrected chi connectivity index (χ4v) is 4.43. The molecule has 5 heteroatoms. The minimum atomic E-state index is -0.242. The molecule has 2 aliphatic carbocycles. The van der Waals surface area contributed by atoms with E-state index in [0.717, 1.165) is 50.2 Å². The highest BCUT2D eigenvalue weighted by atomic mass is 16.5. The number of aromatic nitrogens is 2. The van der Waals surface area contributed by atoms with Crippen LogP contribution in [0.1, 0.15) is 94.6 Å². The zero-order valence-electron chi connectivity index (χ0n) is 15.4. The van der Waals surface area contributed by atoms with E-state index >= 15 is 0 Å². The molecule has 1 saturated heterocycles. The van der Waals surface area contributed by atoms with Gasteiger partial charge in [-0.25, -0.2) is 4.98 Å². The maximum Gasteiger partial charge on any atom is 0.252 e. The van der Waals surface area contributed by atoms with Gasteiger partial charge < -0.3 is 14.6 Å². The summed E-state index contributed by atoms with van der Waals surface area (Å²) in [6.07, 6.45) is 13.5. The summed E-state index contributed by atoms with van der Waals surface area (Å²) in [5.41, 5.74) is 1.01. The second-order valence-corrected chi connectivity index (χ2v) is 8.05. The second kappa shape index (κ2) is 7.48. The molecule has 1 amide bonds. The van der Waals surface area contributed by atoms with Gasteiger partial charge in [0.1, 0.15) is 11.9 Å². The minimum Gasteiger partial charge on any atom is -0.368 e. The standard InChI is InChI=1S/C20H31N3O2/c1-14(17-13-21-19(22-17)15-7-3-2-4-8-15)23(16-10-11-16)20(24)18-9-5-6-12-25-18/h13-16,18H,2-12H2,1H3,(H,21,22)/t14-,18-/m1/s1. The summed E-state index contributed by atoms with van der Waals surface area (Å²) in [6.45, 7) is 2.84. The third-order valence-corrected chi connectivity index (χ3v) is 6.10. The van der Waals surface area contributed by atoms with Crippen LogP contribution in [0.2, 0.25) is 0 Å². The Hall–Kier alpha value is -1.36. The van der Waals surface area contributed by atoms with Gasteiger partial charge in [0.15, 0.2) is 0 Å². The van der Waals surface area contributed by atoms with E-state index in [1.54, 1.807) is 0 Å². The molecule has 2 heterocycles. The van der Waals surface area contributed by atoms with E-state index in [9.17, 15) is 4.79 Å². The maximum atomic E-state index is 13.1. The summed E-state index contributed by atoms with van der Waals surface area (Å²) < 4.78 is 5.77. The predicted octanol–water partition coefficient (Wildman–Crippen LogP) is 4.08. The number of imidazole rings is 1. The lowest BCUT2D eigenvalue weighted by Gasteiger charge is -2.33. The third-order valence-electron chi connectivity index (χ3n) is 6.10. The Kier molecular flexibility index (Phi) is 5.11. The van der Waals surface area contributed by atoms with E-state index in [1.165, 1.54) is 32.1 Å². The molecule has 1 aliphatic heterocycles. The molecular formula is C20H31N3O2. The van der Waals surface area contributed by atoms with Crippen LogP contribution in [0.4, 0.5) is 0 Å². The molecule has 2 atom stereocenters. The molecule has 1 aromatic rings. The van der Waals surface area contributed by atoms with Gasteiger partial charge in [0.25, 0.3) is 5.91 Å². The summed E-state index contributed by atoms with van der Waals surface area (Å²) in [5, 5.41) is 0. The fraction of sp³-hybridized carbons (Fsp3) is 0.800. The van der Waals surface area contributed by atoms with Crippen LogP contribution in [0.3, 0.4) is 0 Å². The molecule has 2 saturated carbocycles. The Balaban J connectivity index is 1.48. The molecular weight excluding hydrogens is 314 g/mol. The van der Waals surface area contributed by atoms with Crippen LogP contribution in [-0.4, -0.2) is 39.5 Å². The monoisotopic (exact) mass is 345 g/mol. The SMILES string of the molecule is C[C@H](c1c[nH]c(C2CCCCC2)n1)N(C(=O)[C@H]1CCCCO1)C1CC1. The number of hydrogen-bond donors (Lipinski definition) is 1. The van der Waals surface area contributed by atoms with E-state index in [-0.39, 0.29) is 18.1 Å². The van der Waals surface area contributed by atoms with Gasteiger partial charge in [-0.15, -0.1) is 0 Å². The topological polar surface area (TPSA) is 58.2 Å². The molecule has 0 spiro atoms. The largest absolute Gasteiger partial charge is 0.368 e. The van der Waals surface area contributed by atoms with Crippen LogP contribution < -0.4 is 0 Å². The highest BCUT2D eigenvalue weighted by molar-refractivity contribution is 5.82. The summed E-state index contributed by atoms with van der Waals surface area (Å²) in [5.74, 6) is 1.87. The number of H-pyrrole nitrogens is 1. The Morgan fingerprint density at radius 1 is 1.16 bits per heavy atom. The van der Waals surface area contributed by atoms with E-state index in [2.05, 4.69) is 16.8 Å².